The number of hydrogen-bond acceptors (Lipinski definition) is 4. The summed E-state index contributed by atoms with van der Waals surface area (Å²) in [6.07, 6.45) is 2.90. The molecule has 0 fully saturated rings. The maximum atomic E-state index is 13.2. The number of ether oxygens (including phenoxy) is 1. The number of carbonyl (C=O) groups is 1. The number of aromatic nitrogens is 1. The number of fused-ring (bicyclic) bond motifs is 1. The summed E-state index contributed by atoms with van der Waals surface area (Å²) in [6, 6.07) is 27.0. The average molecular weight is 455 g/mol. The summed E-state index contributed by atoms with van der Waals surface area (Å²) in [7, 11) is 1.66. The van der Waals surface area contributed by atoms with Crippen LogP contribution in [0, 0.1) is 0 Å². The predicted molar refractivity (Wildman–Crippen MR) is 133 cm³/mol. The SMILES string of the molecule is COc1ccc(Cc2csc(NC(=O)CC3(c4ccccc4)Cc4ccccc4C3)n2)cc1. The second-order valence-electron chi connectivity index (χ2n) is 8.66. The van der Waals surface area contributed by atoms with Gasteiger partial charge in [0.2, 0.25) is 5.91 Å². The van der Waals surface area contributed by atoms with Crippen LogP contribution in [0.4, 0.5) is 5.13 Å². The summed E-state index contributed by atoms with van der Waals surface area (Å²) in [4.78, 5) is 17.8. The van der Waals surface area contributed by atoms with Crippen molar-refractivity contribution in [1.29, 1.82) is 0 Å². The van der Waals surface area contributed by atoms with Gasteiger partial charge in [0.1, 0.15) is 5.75 Å². The molecule has 0 spiro atoms. The number of amides is 1. The van der Waals surface area contributed by atoms with Crippen LogP contribution >= 0.6 is 11.3 Å². The maximum absolute atomic E-state index is 13.2. The molecule has 0 saturated heterocycles. The summed E-state index contributed by atoms with van der Waals surface area (Å²) < 4.78 is 5.22. The summed E-state index contributed by atoms with van der Waals surface area (Å²) in [5, 5.41) is 5.73. The maximum Gasteiger partial charge on any atom is 0.227 e. The summed E-state index contributed by atoms with van der Waals surface area (Å²) >= 11 is 1.48. The smallest absolute Gasteiger partial charge is 0.227 e. The van der Waals surface area contributed by atoms with Crippen molar-refractivity contribution in [2.75, 3.05) is 12.4 Å². The van der Waals surface area contributed by atoms with Gasteiger partial charge in [0.05, 0.1) is 12.8 Å². The molecule has 0 saturated carbocycles. The number of thiazole rings is 1. The van der Waals surface area contributed by atoms with Crippen molar-refractivity contribution >= 4 is 22.4 Å². The van der Waals surface area contributed by atoms with Gasteiger partial charge in [-0.05, 0) is 47.2 Å². The highest BCUT2D eigenvalue weighted by atomic mass is 32.1. The van der Waals surface area contributed by atoms with E-state index in [-0.39, 0.29) is 11.3 Å². The van der Waals surface area contributed by atoms with Crippen LogP contribution in [-0.2, 0) is 29.5 Å². The zero-order valence-corrected chi connectivity index (χ0v) is 19.4. The summed E-state index contributed by atoms with van der Waals surface area (Å²) in [5.41, 5.74) is 5.78. The molecule has 4 nitrogen and oxygen atoms in total. The zero-order valence-electron chi connectivity index (χ0n) is 18.6. The van der Waals surface area contributed by atoms with Crippen LogP contribution in [0.25, 0.3) is 0 Å². The molecule has 166 valence electrons. The van der Waals surface area contributed by atoms with E-state index in [4.69, 9.17) is 4.74 Å². The number of methoxy groups -OCH3 is 1. The number of benzene rings is 3. The van der Waals surface area contributed by atoms with E-state index in [0.717, 1.165) is 36.3 Å². The van der Waals surface area contributed by atoms with Crippen LogP contribution in [0.5, 0.6) is 5.75 Å². The number of carbonyl (C=O) groups excluding carboxylic acids is 1. The van der Waals surface area contributed by atoms with E-state index in [0.29, 0.717) is 11.6 Å². The van der Waals surface area contributed by atoms with Gasteiger partial charge in [0.25, 0.3) is 0 Å². The molecule has 5 heteroatoms. The van der Waals surface area contributed by atoms with Crippen LogP contribution in [0.15, 0.2) is 84.2 Å². The molecule has 0 unspecified atom stereocenters. The third-order valence-corrected chi connectivity index (χ3v) is 7.21. The first kappa shape index (κ1) is 21.4. The lowest BCUT2D eigenvalue weighted by atomic mass is 9.75. The second-order valence-corrected chi connectivity index (χ2v) is 9.52. The molecule has 1 aliphatic rings. The van der Waals surface area contributed by atoms with Crippen LogP contribution < -0.4 is 10.1 Å². The van der Waals surface area contributed by atoms with E-state index in [1.165, 1.54) is 28.0 Å². The Bertz CT molecular complexity index is 1220. The molecule has 1 aliphatic carbocycles. The first-order valence-electron chi connectivity index (χ1n) is 11.1. The van der Waals surface area contributed by atoms with Gasteiger partial charge < -0.3 is 10.1 Å². The minimum absolute atomic E-state index is 0.0111. The Labute approximate surface area is 198 Å². The van der Waals surface area contributed by atoms with Crippen molar-refractivity contribution in [2.24, 2.45) is 0 Å². The monoisotopic (exact) mass is 454 g/mol. The normalized spacial score (nSPS) is 14.0. The van der Waals surface area contributed by atoms with Crippen LogP contribution in [0.3, 0.4) is 0 Å². The first-order valence-corrected chi connectivity index (χ1v) is 12.0. The molecule has 4 aromatic rings. The fraction of sp³-hybridized carbons (Fsp3) is 0.214. The lowest BCUT2D eigenvalue weighted by Gasteiger charge is -2.29. The van der Waals surface area contributed by atoms with Gasteiger partial charge >= 0.3 is 0 Å². The standard InChI is InChI=1S/C28H26N2O2S/c1-32-25-13-11-20(12-14-25)15-24-19-33-27(29-24)30-26(31)18-28(23-9-3-2-4-10-23)16-21-7-5-6-8-22(21)17-28/h2-14,19H,15-18H2,1H3,(H,29,30,31). The zero-order chi connectivity index (χ0) is 22.7. The third-order valence-electron chi connectivity index (χ3n) is 6.40. The molecule has 0 bridgehead atoms. The molecule has 3 aromatic carbocycles. The number of anilines is 1. The van der Waals surface area contributed by atoms with E-state index >= 15 is 0 Å². The average Bonchev–Trinajstić information content (AvgIpc) is 3.44. The second kappa shape index (κ2) is 9.20. The van der Waals surface area contributed by atoms with Gasteiger partial charge in [-0.25, -0.2) is 4.98 Å². The number of hydrogen-bond donors (Lipinski definition) is 1. The largest absolute Gasteiger partial charge is 0.497 e. The molecule has 1 N–H and O–H groups in total. The fourth-order valence-corrected chi connectivity index (χ4v) is 5.51. The van der Waals surface area contributed by atoms with Gasteiger partial charge in [0, 0.05) is 23.6 Å². The quantitative estimate of drug-likeness (QED) is 0.383. The molecular weight excluding hydrogens is 428 g/mol. The molecule has 5 rings (SSSR count). The molecule has 1 heterocycles. The van der Waals surface area contributed by atoms with E-state index < -0.39 is 0 Å². The van der Waals surface area contributed by atoms with Crippen molar-refractivity contribution < 1.29 is 9.53 Å². The van der Waals surface area contributed by atoms with Gasteiger partial charge in [-0.3, -0.25) is 4.79 Å². The van der Waals surface area contributed by atoms with E-state index in [1.807, 2.05) is 35.7 Å². The molecule has 1 aromatic heterocycles. The lowest BCUT2D eigenvalue weighted by Crippen LogP contribution is -2.32. The molecule has 33 heavy (non-hydrogen) atoms. The highest BCUT2D eigenvalue weighted by Gasteiger charge is 2.40. The van der Waals surface area contributed by atoms with Crippen molar-refractivity contribution in [3.8, 4) is 5.75 Å². The van der Waals surface area contributed by atoms with Gasteiger partial charge in [0.15, 0.2) is 5.13 Å². The van der Waals surface area contributed by atoms with Crippen molar-refractivity contribution in [3.05, 3.63) is 112 Å². The van der Waals surface area contributed by atoms with Gasteiger partial charge in [-0.15, -0.1) is 11.3 Å². The lowest BCUT2D eigenvalue weighted by molar-refractivity contribution is -0.117. The Morgan fingerprint density at radius 1 is 0.970 bits per heavy atom. The predicted octanol–water partition coefficient (Wildman–Crippen LogP) is 5.81. The van der Waals surface area contributed by atoms with Gasteiger partial charge in [-0.1, -0.05) is 66.7 Å². The number of rotatable bonds is 7. The molecule has 1 amide bonds. The highest BCUT2D eigenvalue weighted by Crippen LogP contribution is 2.42. The van der Waals surface area contributed by atoms with Gasteiger partial charge in [-0.2, -0.15) is 0 Å². The molecular formula is C28H26N2O2S. The number of nitrogens with zero attached hydrogens (tertiary/aromatic N) is 1. The highest BCUT2D eigenvalue weighted by molar-refractivity contribution is 7.13. The topological polar surface area (TPSA) is 51.2 Å². The van der Waals surface area contributed by atoms with E-state index in [9.17, 15) is 4.79 Å². The van der Waals surface area contributed by atoms with Crippen molar-refractivity contribution in [2.45, 2.75) is 31.1 Å². The van der Waals surface area contributed by atoms with Crippen LogP contribution in [-0.4, -0.2) is 18.0 Å². The molecule has 0 radical (unpaired) electrons. The van der Waals surface area contributed by atoms with Crippen molar-refractivity contribution in [1.82, 2.24) is 4.98 Å². The Morgan fingerprint density at radius 3 is 2.30 bits per heavy atom. The molecule has 0 atom stereocenters. The van der Waals surface area contributed by atoms with E-state index in [2.05, 4.69) is 58.8 Å². The van der Waals surface area contributed by atoms with E-state index in [1.54, 1.807) is 7.11 Å². The minimum Gasteiger partial charge on any atom is -0.497 e. The Morgan fingerprint density at radius 2 is 1.64 bits per heavy atom. The number of nitrogens with one attached hydrogen (secondary N) is 1. The Hall–Kier alpha value is -3.44. The fourth-order valence-electron chi connectivity index (χ4n) is 4.79. The summed E-state index contributed by atoms with van der Waals surface area (Å²) in [5.74, 6) is 0.850. The third kappa shape index (κ3) is 4.69. The summed E-state index contributed by atoms with van der Waals surface area (Å²) in [6.45, 7) is 0. The Kier molecular flexibility index (Phi) is 5.97. The van der Waals surface area contributed by atoms with Crippen LogP contribution in [0.1, 0.15) is 34.4 Å². The van der Waals surface area contributed by atoms with Crippen molar-refractivity contribution in [3.63, 3.8) is 0 Å². The Balaban J connectivity index is 1.29. The van der Waals surface area contributed by atoms with Crippen LogP contribution in [0.2, 0.25) is 0 Å². The minimum atomic E-state index is -0.224. The first-order chi connectivity index (χ1) is 16.1. The molecule has 0 aliphatic heterocycles.